The third kappa shape index (κ3) is 4.40. The number of aliphatic hydroxyl groups is 1. The van der Waals surface area contributed by atoms with E-state index in [4.69, 9.17) is 0 Å². The van der Waals surface area contributed by atoms with Crippen LogP contribution in [0, 0.1) is 0 Å². The number of rotatable bonds is 4. The third-order valence-corrected chi connectivity index (χ3v) is 2.78. The highest BCUT2D eigenvalue weighted by Gasteiger charge is 2.18. The highest BCUT2D eigenvalue weighted by molar-refractivity contribution is 4.77. The van der Waals surface area contributed by atoms with E-state index in [9.17, 15) is 5.11 Å². The van der Waals surface area contributed by atoms with Crippen LogP contribution >= 0.6 is 0 Å². The summed E-state index contributed by atoms with van der Waals surface area (Å²) in [7, 11) is 0. The number of nitrogens with one attached hydrogen (secondary N) is 1. The van der Waals surface area contributed by atoms with Crippen LogP contribution < -0.4 is 5.32 Å². The van der Waals surface area contributed by atoms with Crippen LogP contribution in [0.4, 0.5) is 0 Å². The van der Waals surface area contributed by atoms with Crippen LogP contribution in [0.2, 0.25) is 0 Å². The molecule has 1 aliphatic heterocycles. The Morgan fingerprint density at radius 3 is 2.86 bits per heavy atom. The summed E-state index contributed by atoms with van der Waals surface area (Å²) in [4.78, 5) is 2.38. The molecule has 0 spiro atoms. The van der Waals surface area contributed by atoms with Gasteiger partial charge in [-0.2, -0.15) is 0 Å². The highest BCUT2D eigenvalue weighted by Crippen LogP contribution is 2.04. The Labute approximate surface area is 87.5 Å². The first-order valence-corrected chi connectivity index (χ1v) is 5.86. The Bertz CT molecular complexity index is 140. The second-order valence-electron chi connectivity index (χ2n) is 4.43. The van der Waals surface area contributed by atoms with Gasteiger partial charge in [-0.15, -0.1) is 0 Å². The number of hydrogen-bond acceptors (Lipinski definition) is 3. The van der Waals surface area contributed by atoms with Crippen molar-refractivity contribution < 1.29 is 5.11 Å². The lowest BCUT2D eigenvalue weighted by Crippen LogP contribution is -2.35. The summed E-state index contributed by atoms with van der Waals surface area (Å²) in [5.74, 6) is 0. The standard InChI is InChI=1S/C11H24N2O/c1-3-4-5-6-13-8-10(2)12-7-11(14)9-13/h10-12,14H,3-9H2,1-2H3. The molecule has 0 amide bonds. The maximum Gasteiger partial charge on any atom is 0.0791 e. The maximum atomic E-state index is 9.63. The quantitative estimate of drug-likeness (QED) is 0.660. The van der Waals surface area contributed by atoms with E-state index in [0.717, 1.165) is 26.2 Å². The molecule has 1 saturated heterocycles. The fraction of sp³-hybridized carbons (Fsp3) is 1.00. The Balaban J connectivity index is 2.26. The zero-order valence-corrected chi connectivity index (χ0v) is 9.50. The molecule has 0 aromatic carbocycles. The van der Waals surface area contributed by atoms with Gasteiger partial charge < -0.3 is 10.4 Å². The number of nitrogens with zero attached hydrogens (tertiary/aromatic N) is 1. The zero-order valence-electron chi connectivity index (χ0n) is 9.50. The summed E-state index contributed by atoms with van der Waals surface area (Å²) in [6.07, 6.45) is 3.63. The molecule has 0 radical (unpaired) electrons. The average molecular weight is 200 g/mol. The van der Waals surface area contributed by atoms with Gasteiger partial charge in [0.2, 0.25) is 0 Å². The smallest absolute Gasteiger partial charge is 0.0791 e. The van der Waals surface area contributed by atoms with Crippen molar-refractivity contribution in [1.82, 2.24) is 10.2 Å². The molecule has 0 saturated carbocycles. The molecule has 2 atom stereocenters. The minimum atomic E-state index is -0.193. The van der Waals surface area contributed by atoms with Crippen LogP contribution in [0.1, 0.15) is 33.1 Å². The summed E-state index contributed by atoms with van der Waals surface area (Å²) in [5.41, 5.74) is 0. The van der Waals surface area contributed by atoms with Gasteiger partial charge in [0, 0.05) is 25.7 Å². The van der Waals surface area contributed by atoms with E-state index < -0.39 is 0 Å². The van der Waals surface area contributed by atoms with Gasteiger partial charge in [-0.25, -0.2) is 0 Å². The lowest BCUT2D eigenvalue weighted by molar-refractivity contribution is 0.129. The summed E-state index contributed by atoms with van der Waals surface area (Å²) in [5, 5.41) is 13.0. The first kappa shape index (κ1) is 12.0. The van der Waals surface area contributed by atoms with Gasteiger partial charge in [0.05, 0.1) is 6.10 Å². The lowest BCUT2D eigenvalue weighted by atomic mass is 10.2. The molecule has 84 valence electrons. The van der Waals surface area contributed by atoms with E-state index in [1.807, 2.05) is 0 Å². The number of aliphatic hydroxyl groups excluding tert-OH is 1. The topological polar surface area (TPSA) is 35.5 Å². The fourth-order valence-corrected chi connectivity index (χ4v) is 1.99. The van der Waals surface area contributed by atoms with E-state index in [1.165, 1.54) is 19.3 Å². The van der Waals surface area contributed by atoms with Crippen molar-refractivity contribution in [1.29, 1.82) is 0 Å². The van der Waals surface area contributed by atoms with Crippen LogP contribution in [-0.2, 0) is 0 Å². The average Bonchev–Trinajstić information content (AvgIpc) is 2.29. The molecular weight excluding hydrogens is 176 g/mol. The van der Waals surface area contributed by atoms with Gasteiger partial charge in [0.25, 0.3) is 0 Å². The van der Waals surface area contributed by atoms with Crippen molar-refractivity contribution in [2.75, 3.05) is 26.2 Å². The summed E-state index contributed by atoms with van der Waals surface area (Å²) < 4.78 is 0. The molecule has 1 aliphatic rings. The first-order valence-electron chi connectivity index (χ1n) is 5.86. The van der Waals surface area contributed by atoms with Crippen LogP contribution in [0.25, 0.3) is 0 Å². The molecule has 0 aromatic rings. The van der Waals surface area contributed by atoms with E-state index in [-0.39, 0.29) is 6.10 Å². The van der Waals surface area contributed by atoms with E-state index >= 15 is 0 Å². The monoisotopic (exact) mass is 200 g/mol. The van der Waals surface area contributed by atoms with Crippen molar-refractivity contribution in [2.45, 2.75) is 45.3 Å². The largest absolute Gasteiger partial charge is 0.390 e. The molecule has 0 aromatic heterocycles. The van der Waals surface area contributed by atoms with Crippen molar-refractivity contribution in [2.24, 2.45) is 0 Å². The maximum absolute atomic E-state index is 9.63. The normalized spacial score (nSPS) is 30.2. The molecule has 2 N–H and O–H groups in total. The Hall–Kier alpha value is -0.120. The molecule has 1 heterocycles. The molecular formula is C11H24N2O. The molecule has 1 fully saturated rings. The predicted octanol–water partition coefficient (Wildman–Crippen LogP) is 0.831. The Kier molecular flexibility index (Phi) is 5.45. The SMILES string of the molecule is CCCCCN1CC(O)CNC(C)C1. The molecule has 0 bridgehead atoms. The van der Waals surface area contributed by atoms with Gasteiger partial charge in [-0.3, -0.25) is 4.90 Å². The lowest BCUT2D eigenvalue weighted by Gasteiger charge is -2.22. The van der Waals surface area contributed by atoms with E-state index in [1.54, 1.807) is 0 Å². The van der Waals surface area contributed by atoms with Crippen LogP contribution in [0.15, 0.2) is 0 Å². The van der Waals surface area contributed by atoms with Crippen molar-refractivity contribution >= 4 is 0 Å². The summed E-state index contributed by atoms with van der Waals surface area (Å²) >= 11 is 0. The summed E-state index contributed by atoms with van der Waals surface area (Å²) in [6, 6.07) is 0.508. The van der Waals surface area contributed by atoms with Gasteiger partial charge in [-0.1, -0.05) is 19.8 Å². The number of unbranched alkanes of at least 4 members (excludes halogenated alkanes) is 2. The van der Waals surface area contributed by atoms with Crippen LogP contribution in [-0.4, -0.2) is 48.3 Å². The zero-order chi connectivity index (χ0) is 10.4. The molecule has 14 heavy (non-hydrogen) atoms. The van der Waals surface area contributed by atoms with Gasteiger partial charge in [-0.05, 0) is 19.9 Å². The van der Waals surface area contributed by atoms with Gasteiger partial charge in [0.15, 0.2) is 0 Å². The summed E-state index contributed by atoms with van der Waals surface area (Å²) in [6.45, 7) is 8.19. The second kappa shape index (κ2) is 6.38. The highest BCUT2D eigenvalue weighted by atomic mass is 16.3. The number of β-amino-alcohol motifs (C(OH)–C–C–N with tert-alkyl or cyclic N) is 1. The predicted molar refractivity (Wildman–Crippen MR) is 59.4 cm³/mol. The first-order chi connectivity index (χ1) is 6.72. The minimum absolute atomic E-state index is 0.193. The molecule has 3 heteroatoms. The van der Waals surface area contributed by atoms with Crippen molar-refractivity contribution in [3.05, 3.63) is 0 Å². The van der Waals surface area contributed by atoms with Gasteiger partial charge in [0.1, 0.15) is 0 Å². The van der Waals surface area contributed by atoms with E-state index in [2.05, 4.69) is 24.1 Å². The molecule has 3 nitrogen and oxygen atoms in total. The van der Waals surface area contributed by atoms with Crippen molar-refractivity contribution in [3.63, 3.8) is 0 Å². The molecule has 0 aliphatic carbocycles. The number of hydrogen-bond donors (Lipinski definition) is 2. The van der Waals surface area contributed by atoms with Crippen LogP contribution in [0.5, 0.6) is 0 Å². The Morgan fingerprint density at radius 1 is 1.36 bits per heavy atom. The second-order valence-corrected chi connectivity index (χ2v) is 4.43. The van der Waals surface area contributed by atoms with Crippen LogP contribution in [0.3, 0.4) is 0 Å². The van der Waals surface area contributed by atoms with Crippen molar-refractivity contribution in [3.8, 4) is 0 Å². The third-order valence-electron chi connectivity index (χ3n) is 2.78. The fourth-order valence-electron chi connectivity index (χ4n) is 1.99. The Morgan fingerprint density at radius 2 is 2.14 bits per heavy atom. The van der Waals surface area contributed by atoms with Gasteiger partial charge >= 0.3 is 0 Å². The molecule has 1 rings (SSSR count). The van der Waals surface area contributed by atoms with E-state index in [0.29, 0.717) is 6.04 Å². The molecule has 2 unspecified atom stereocenters. The minimum Gasteiger partial charge on any atom is -0.390 e.